The van der Waals surface area contributed by atoms with E-state index >= 15 is 0 Å². The van der Waals surface area contributed by atoms with Crippen LogP contribution in [0.15, 0.2) is 0 Å². The van der Waals surface area contributed by atoms with Gasteiger partial charge in [0, 0.05) is 18.6 Å². The highest BCUT2D eigenvalue weighted by Gasteiger charge is 2.08. The Morgan fingerprint density at radius 3 is 2.17 bits per heavy atom. The summed E-state index contributed by atoms with van der Waals surface area (Å²) in [7, 11) is 2.17. The van der Waals surface area contributed by atoms with Gasteiger partial charge in [-0.3, -0.25) is 0 Å². The summed E-state index contributed by atoms with van der Waals surface area (Å²) < 4.78 is 0. The molecular formula is C10H24N2. The highest BCUT2D eigenvalue weighted by atomic mass is 15.1. The van der Waals surface area contributed by atoms with Crippen LogP contribution < -0.4 is 5.32 Å². The monoisotopic (exact) mass is 172 g/mol. The second kappa shape index (κ2) is 6.44. The van der Waals surface area contributed by atoms with Gasteiger partial charge in [-0.05, 0) is 20.0 Å². The fourth-order valence-corrected chi connectivity index (χ4v) is 1.28. The fraction of sp³-hybridized carbons (Fsp3) is 1.00. The Bertz CT molecular complexity index is 102. The van der Waals surface area contributed by atoms with Gasteiger partial charge in [0.15, 0.2) is 0 Å². The molecular weight excluding hydrogens is 148 g/mol. The minimum atomic E-state index is 0.597. The van der Waals surface area contributed by atoms with Gasteiger partial charge in [-0.1, -0.05) is 27.7 Å². The van der Waals surface area contributed by atoms with Crippen LogP contribution in [0, 0.1) is 0 Å². The van der Waals surface area contributed by atoms with Crippen molar-refractivity contribution in [1.82, 2.24) is 10.2 Å². The molecule has 0 saturated carbocycles. The van der Waals surface area contributed by atoms with Gasteiger partial charge in [0.25, 0.3) is 0 Å². The Morgan fingerprint density at radius 1 is 1.25 bits per heavy atom. The molecule has 1 atom stereocenters. The lowest BCUT2D eigenvalue weighted by molar-refractivity contribution is 0.287. The molecule has 2 nitrogen and oxygen atoms in total. The van der Waals surface area contributed by atoms with E-state index in [9.17, 15) is 0 Å². The number of likely N-dealkylation sites (N-methyl/N-ethyl adjacent to an activating group) is 1. The lowest BCUT2D eigenvalue weighted by Crippen LogP contribution is -2.42. The molecule has 0 aromatic rings. The maximum atomic E-state index is 3.55. The molecule has 0 radical (unpaired) electrons. The third-order valence-electron chi connectivity index (χ3n) is 2.13. The van der Waals surface area contributed by atoms with Crippen LogP contribution in [0.25, 0.3) is 0 Å². The van der Waals surface area contributed by atoms with E-state index in [4.69, 9.17) is 0 Å². The van der Waals surface area contributed by atoms with Gasteiger partial charge in [-0.25, -0.2) is 0 Å². The molecule has 0 amide bonds. The quantitative estimate of drug-likeness (QED) is 0.656. The van der Waals surface area contributed by atoms with Crippen LogP contribution in [0.3, 0.4) is 0 Å². The van der Waals surface area contributed by atoms with Crippen molar-refractivity contribution in [3.63, 3.8) is 0 Å². The number of nitrogens with one attached hydrogen (secondary N) is 1. The van der Waals surface area contributed by atoms with Gasteiger partial charge in [0.1, 0.15) is 0 Å². The number of rotatable bonds is 6. The largest absolute Gasteiger partial charge is 0.311 e. The molecule has 0 aromatic heterocycles. The van der Waals surface area contributed by atoms with E-state index in [0.29, 0.717) is 12.1 Å². The maximum absolute atomic E-state index is 3.55. The maximum Gasteiger partial charge on any atom is 0.0194 e. The first-order chi connectivity index (χ1) is 5.60. The second-order valence-corrected chi connectivity index (χ2v) is 3.78. The second-order valence-electron chi connectivity index (χ2n) is 3.78. The van der Waals surface area contributed by atoms with E-state index in [2.05, 4.69) is 45.0 Å². The molecule has 0 aromatic carbocycles. The van der Waals surface area contributed by atoms with Crippen molar-refractivity contribution in [1.29, 1.82) is 0 Å². The van der Waals surface area contributed by atoms with Gasteiger partial charge >= 0.3 is 0 Å². The first-order valence-corrected chi connectivity index (χ1v) is 5.04. The molecule has 0 saturated heterocycles. The highest BCUT2D eigenvalue weighted by Crippen LogP contribution is 1.96. The van der Waals surface area contributed by atoms with E-state index in [1.807, 2.05) is 0 Å². The van der Waals surface area contributed by atoms with Gasteiger partial charge < -0.3 is 10.2 Å². The molecule has 0 spiro atoms. The summed E-state index contributed by atoms with van der Waals surface area (Å²) in [6.07, 6.45) is 1.21. The van der Waals surface area contributed by atoms with Gasteiger partial charge in [0.05, 0.1) is 0 Å². The number of hydrogen-bond acceptors (Lipinski definition) is 2. The Kier molecular flexibility index (Phi) is 6.39. The summed E-state index contributed by atoms with van der Waals surface area (Å²) in [5.74, 6) is 0. The minimum Gasteiger partial charge on any atom is -0.311 e. The highest BCUT2D eigenvalue weighted by molar-refractivity contribution is 4.70. The predicted molar refractivity (Wildman–Crippen MR) is 55.5 cm³/mol. The van der Waals surface area contributed by atoms with E-state index in [0.717, 1.165) is 13.1 Å². The molecule has 0 aliphatic heterocycles. The lowest BCUT2D eigenvalue weighted by Gasteiger charge is -2.24. The van der Waals surface area contributed by atoms with Crippen LogP contribution in [0.1, 0.15) is 34.1 Å². The number of hydrogen-bond donors (Lipinski definition) is 1. The Hall–Kier alpha value is -0.0800. The van der Waals surface area contributed by atoms with Crippen LogP contribution in [0.2, 0.25) is 0 Å². The summed E-state index contributed by atoms with van der Waals surface area (Å²) in [5.41, 5.74) is 0. The lowest BCUT2D eigenvalue weighted by atomic mass is 10.2. The topological polar surface area (TPSA) is 15.3 Å². The Morgan fingerprint density at radius 2 is 1.83 bits per heavy atom. The first-order valence-electron chi connectivity index (χ1n) is 5.04. The minimum absolute atomic E-state index is 0.597. The molecule has 0 aliphatic carbocycles. The van der Waals surface area contributed by atoms with Crippen molar-refractivity contribution in [2.75, 3.05) is 20.1 Å². The van der Waals surface area contributed by atoms with E-state index in [-0.39, 0.29) is 0 Å². The van der Waals surface area contributed by atoms with Crippen molar-refractivity contribution in [2.45, 2.75) is 46.2 Å². The molecule has 0 bridgehead atoms. The van der Waals surface area contributed by atoms with Crippen LogP contribution >= 0.6 is 0 Å². The van der Waals surface area contributed by atoms with E-state index in [1.54, 1.807) is 0 Å². The van der Waals surface area contributed by atoms with Crippen molar-refractivity contribution in [3.8, 4) is 0 Å². The Balaban J connectivity index is 3.66. The summed E-state index contributed by atoms with van der Waals surface area (Å²) in [4.78, 5) is 2.35. The van der Waals surface area contributed by atoms with Crippen LogP contribution in [0.4, 0.5) is 0 Å². The summed E-state index contributed by atoms with van der Waals surface area (Å²) in [6.45, 7) is 11.1. The van der Waals surface area contributed by atoms with E-state index in [1.165, 1.54) is 6.42 Å². The van der Waals surface area contributed by atoms with Gasteiger partial charge in [0.2, 0.25) is 0 Å². The molecule has 0 heterocycles. The summed E-state index contributed by atoms with van der Waals surface area (Å²) in [6, 6.07) is 1.25. The molecule has 2 heteroatoms. The molecule has 0 unspecified atom stereocenters. The zero-order valence-corrected chi connectivity index (χ0v) is 9.22. The molecule has 0 rings (SSSR count). The zero-order valence-electron chi connectivity index (χ0n) is 9.22. The van der Waals surface area contributed by atoms with Crippen molar-refractivity contribution in [2.24, 2.45) is 0 Å². The molecule has 0 aliphatic rings. The standard InChI is InChI=1S/C10H24N2/c1-6-10(11-9(3)4)8-12(5)7-2/h9-11H,6-8H2,1-5H3/t10-/m1/s1. The number of nitrogens with zero attached hydrogens (tertiary/aromatic N) is 1. The average Bonchev–Trinajstić information content (AvgIpc) is 2.02. The fourth-order valence-electron chi connectivity index (χ4n) is 1.28. The predicted octanol–water partition coefficient (Wildman–Crippen LogP) is 1.71. The first kappa shape index (κ1) is 11.9. The normalized spacial score (nSPS) is 14.2. The van der Waals surface area contributed by atoms with Crippen molar-refractivity contribution < 1.29 is 0 Å². The van der Waals surface area contributed by atoms with Gasteiger partial charge in [-0.2, -0.15) is 0 Å². The third-order valence-corrected chi connectivity index (χ3v) is 2.13. The van der Waals surface area contributed by atoms with Gasteiger partial charge in [-0.15, -0.1) is 0 Å². The van der Waals surface area contributed by atoms with Crippen LogP contribution in [-0.2, 0) is 0 Å². The molecule has 1 N–H and O–H groups in total. The van der Waals surface area contributed by atoms with Crippen molar-refractivity contribution in [3.05, 3.63) is 0 Å². The van der Waals surface area contributed by atoms with Crippen LogP contribution in [0.5, 0.6) is 0 Å². The molecule has 12 heavy (non-hydrogen) atoms. The average molecular weight is 172 g/mol. The summed E-state index contributed by atoms with van der Waals surface area (Å²) in [5, 5.41) is 3.55. The van der Waals surface area contributed by atoms with Crippen LogP contribution in [-0.4, -0.2) is 37.1 Å². The smallest absolute Gasteiger partial charge is 0.0194 e. The molecule has 74 valence electrons. The zero-order chi connectivity index (χ0) is 9.56. The Labute approximate surface area is 77.3 Å². The summed E-state index contributed by atoms with van der Waals surface area (Å²) >= 11 is 0. The molecule has 0 fully saturated rings. The van der Waals surface area contributed by atoms with Crippen molar-refractivity contribution >= 4 is 0 Å². The third kappa shape index (κ3) is 5.56. The SMILES string of the molecule is CC[C@H](CN(C)CC)NC(C)C. The van der Waals surface area contributed by atoms with E-state index < -0.39 is 0 Å².